The fourth-order valence-electron chi connectivity index (χ4n) is 2.09. The molecule has 0 aromatic rings. The van der Waals surface area contributed by atoms with Crippen molar-refractivity contribution in [2.75, 3.05) is 20.2 Å². The molecule has 4 nitrogen and oxygen atoms in total. The maximum absolute atomic E-state index is 12.1. The Morgan fingerprint density at radius 1 is 1.67 bits per heavy atom. The van der Waals surface area contributed by atoms with Crippen molar-refractivity contribution in [1.29, 1.82) is 0 Å². The molecule has 1 amide bonds. The highest BCUT2D eigenvalue weighted by atomic mass is 16.5. The molecule has 0 radical (unpaired) electrons. The van der Waals surface area contributed by atoms with Crippen molar-refractivity contribution in [3.63, 3.8) is 0 Å². The van der Waals surface area contributed by atoms with Gasteiger partial charge in [-0.15, -0.1) is 0 Å². The second-order valence-electron chi connectivity index (χ2n) is 4.57. The molecule has 1 fully saturated rings. The van der Waals surface area contributed by atoms with Crippen molar-refractivity contribution >= 4 is 5.91 Å². The Hall–Kier alpha value is -0.610. The third-order valence-corrected chi connectivity index (χ3v) is 3.02. The summed E-state index contributed by atoms with van der Waals surface area (Å²) >= 11 is 0. The van der Waals surface area contributed by atoms with Gasteiger partial charge in [0.1, 0.15) is 0 Å². The molecule has 0 spiro atoms. The molecule has 0 saturated carbocycles. The average Bonchev–Trinajstić information content (AvgIpc) is 2.64. The SMILES string of the molecule is CCCC(C)(N)C(=O)N1CC[C@@H](OC)C1. The molecule has 88 valence electrons. The zero-order chi connectivity index (χ0) is 11.5. The van der Waals surface area contributed by atoms with Crippen LogP contribution in [-0.2, 0) is 9.53 Å². The summed E-state index contributed by atoms with van der Waals surface area (Å²) in [4.78, 5) is 13.9. The number of nitrogens with zero attached hydrogens (tertiary/aromatic N) is 1. The van der Waals surface area contributed by atoms with Crippen molar-refractivity contribution in [3.8, 4) is 0 Å². The Morgan fingerprint density at radius 3 is 2.80 bits per heavy atom. The molecule has 2 N–H and O–H groups in total. The van der Waals surface area contributed by atoms with Crippen molar-refractivity contribution in [3.05, 3.63) is 0 Å². The molecule has 2 atom stereocenters. The summed E-state index contributed by atoms with van der Waals surface area (Å²) in [7, 11) is 1.69. The highest BCUT2D eigenvalue weighted by Gasteiger charge is 2.35. The maximum atomic E-state index is 12.1. The van der Waals surface area contributed by atoms with E-state index in [-0.39, 0.29) is 12.0 Å². The molecule has 1 aliphatic heterocycles. The molecule has 1 saturated heterocycles. The lowest BCUT2D eigenvalue weighted by Crippen LogP contribution is -2.52. The van der Waals surface area contributed by atoms with Gasteiger partial charge >= 0.3 is 0 Å². The van der Waals surface area contributed by atoms with Gasteiger partial charge in [0.25, 0.3) is 0 Å². The number of nitrogens with two attached hydrogens (primary N) is 1. The van der Waals surface area contributed by atoms with Gasteiger partial charge in [0.05, 0.1) is 11.6 Å². The monoisotopic (exact) mass is 214 g/mol. The molecule has 1 unspecified atom stereocenters. The average molecular weight is 214 g/mol. The Bertz CT molecular complexity index is 229. The van der Waals surface area contributed by atoms with Gasteiger partial charge < -0.3 is 15.4 Å². The highest BCUT2D eigenvalue weighted by molar-refractivity contribution is 5.85. The lowest BCUT2D eigenvalue weighted by molar-refractivity contribution is -0.136. The quantitative estimate of drug-likeness (QED) is 0.751. The standard InChI is InChI=1S/C11H22N2O2/c1-4-6-11(2,12)10(14)13-7-5-9(8-13)15-3/h9H,4-8,12H2,1-3H3/t9-,11?/m1/s1. The van der Waals surface area contributed by atoms with Crippen LogP contribution in [0.2, 0.25) is 0 Å². The number of amides is 1. The summed E-state index contributed by atoms with van der Waals surface area (Å²) in [5.74, 6) is 0.0592. The molecular weight excluding hydrogens is 192 g/mol. The number of likely N-dealkylation sites (tertiary alicyclic amines) is 1. The van der Waals surface area contributed by atoms with Crippen LogP contribution in [0, 0.1) is 0 Å². The van der Waals surface area contributed by atoms with Gasteiger partial charge in [-0.1, -0.05) is 13.3 Å². The summed E-state index contributed by atoms with van der Waals surface area (Å²) in [6, 6.07) is 0. The van der Waals surface area contributed by atoms with Gasteiger partial charge in [-0.25, -0.2) is 0 Å². The topological polar surface area (TPSA) is 55.6 Å². The van der Waals surface area contributed by atoms with Crippen LogP contribution in [0.15, 0.2) is 0 Å². The summed E-state index contributed by atoms with van der Waals surface area (Å²) in [5.41, 5.74) is 5.29. The Labute approximate surface area is 91.8 Å². The van der Waals surface area contributed by atoms with E-state index in [1.165, 1.54) is 0 Å². The maximum Gasteiger partial charge on any atom is 0.242 e. The number of hydrogen-bond acceptors (Lipinski definition) is 3. The number of hydrogen-bond donors (Lipinski definition) is 1. The van der Waals surface area contributed by atoms with Gasteiger partial charge in [-0.2, -0.15) is 0 Å². The summed E-state index contributed by atoms with van der Waals surface area (Å²) in [5, 5.41) is 0. The second-order valence-corrected chi connectivity index (χ2v) is 4.57. The normalized spacial score (nSPS) is 25.3. The first-order chi connectivity index (χ1) is 7.01. The minimum atomic E-state index is -0.711. The van der Waals surface area contributed by atoms with Crippen LogP contribution in [0.25, 0.3) is 0 Å². The van der Waals surface area contributed by atoms with Crippen molar-refractivity contribution in [2.24, 2.45) is 5.73 Å². The fraction of sp³-hybridized carbons (Fsp3) is 0.909. The van der Waals surface area contributed by atoms with E-state index < -0.39 is 5.54 Å². The van der Waals surface area contributed by atoms with Crippen LogP contribution >= 0.6 is 0 Å². The Balaban J connectivity index is 2.54. The van der Waals surface area contributed by atoms with E-state index in [1.807, 2.05) is 18.7 Å². The third kappa shape index (κ3) is 2.92. The van der Waals surface area contributed by atoms with Gasteiger partial charge in [-0.3, -0.25) is 4.79 Å². The predicted molar refractivity (Wildman–Crippen MR) is 59.5 cm³/mol. The lowest BCUT2D eigenvalue weighted by Gasteiger charge is -2.28. The molecule has 1 heterocycles. The largest absolute Gasteiger partial charge is 0.380 e. The summed E-state index contributed by atoms with van der Waals surface area (Å²) in [6.07, 6.45) is 2.77. The lowest BCUT2D eigenvalue weighted by atomic mass is 9.96. The number of carbonyl (C=O) groups excluding carboxylic acids is 1. The molecule has 0 aromatic carbocycles. The number of rotatable bonds is 4. The molecule has 0 aromatic heterocycles. The van der Waals surface area contributed by atoms with Gasteiger partial charge in [0.2, 0.25) is 5.91 Å². The smallest absolute Gasteiger partial charge is 0.242 e. The van der Waals surface area contributed by atoms with Crippen LogP contribution in [0.5, 0.6) is 0 Å². The number of carbonyl (C=O) groups is 1. The van der Waals surface area contributed by atoms with E-state index >= 15 is 0 Å². The van der Waals surface area contributed by atoms with Crippen LogP contribution in [-0.4, -0.2) is 42.6 Å². The fourth-order valence-corrected chi connectivity index (χ4v) is 2.09. The van der Waals surface area contributed by atoms with E-state index in [4.69, 9.17) is 10.5 Å². The number of ether oxygens (including phenoxy) is 1. The van der Waals surface area contributed by atoms with Crippen molar-refractivity contribution in [1.82, 2.24) is 4.90 Å². The summed E-state index contributed by atoms with van der Waals surface area (Å²) in [6.45, 7) is 5.32. The predicted octanol–water partition coefficient (Wildman–Crippen LogP) is 0.751. The third-order valence-electron chi connectivity index (χ3n) is 3.02. The molecule has 1 aliphatic rings. The molecular formula is C11H22N2O2. The van der Waals surface area contributed by atoms with E-state index in [0.717, 1.165) is 25.8 Å². The van der Waals surface area contributed by atoms with Crippen molar-refractivity contribution in [2.45, 2.75) is 44.8 Å². The van der Waals surface area contributed by atoms with Gasteiger partial charge in [-0.05, 0) is 19.8 Å². The van der Waals surface area contributed by atoms with Gasteiger partial charge in [0, 0.05) is 20.2 Å². The van der Waals surface area contributed by atoms with E-state index in [9.17, 15) is 4.79 Å². The zero-order valence-corrected chi connectivity index (χ0v) is 9.95. The zero-order valence-electron chi connectivity index (χ0n) is 9.95. The molecule has 0 bridgehead atoms. The molecule has 1 rings (SSSR count). The first kappa shape index (κ1) is 12.5. The minimum Gasteiger partial charge on any atom is -0.380 e. The van der Waals surface area contributed by atoms with E-state index in [2.05, 4.69) is 0 Å². The second kappa shape index (κ2) is 4.94. The van der Waals surface area contributed by atoms with E-state index in [1.54, 1.807) is 7.11 Å². The first-order valence-electron chi connectivity index (χ1n) is 5.62. The molecule has 0 aliphatic carbocycles. The Morgan fingerprint density at radius 2 is 2.33 bits per heavy atom. The van der Waals surface area contributed by atoms with E-state index in [0.29, 0.717) is 6.54 Å². The van der Waals surface area contributed by atoms with Crippen LogP contribution in [0.1, 0.15) is 33.1 Å². The van der Waals surface area contributed by atoms with Crippen LogP contribution in [0.3, 0.4) is 0 Å². The minimum absolute atomic E-state index is 0.0592. The molecule has 4 heteroatoms. The Kier molecular flexibility index (Phi) is 4.11. The summed E-state index contributed by atoms with van der Waals surface area (Å²) < 4.78 is 5.23. The van der Waals surface area contributed by atoms with Gasteiger partial charge in [0.15, 0.2) is 0 Å². The first-order valence-corrected chi connectivity index (χ1v) is 5.62. The molecule has 15 heavy (non-hydrogen) atoms. The van der Waals surface area contributed by atoms with Crippen LogP contribution in [0.4, 0.5) is 0 Å². The van der Waals surface area contributed by atoms with Crippen LogP contribution < -0.4 is 5.73 Å². The highest BCUT2D eigenvalue weighted by Crippen LogP contribution is 2.18. The van der Waals surface area contributed by atoms with Crippen molar-refractivity contribution < 1.29 is 9.53 Å². The number of methoxy groups -OCH3 is 1.